The first kappa shape index (κ1) is 16.6. The van der Waals surface area contributed by atoms with Crippen molar-refractivity contribution in [2.24, 2.45) is 28.6 Å². The Hall–Kier alpha value is -0.890. The number of Topliss-reactive ketones (excluding diaryl/α,β-unsaturated/α-hetero) is 1. The molecule has 4 rings (SSSR count). The van der Waals surface area contributed by atoms with Crippen molar-refractivity contribution in [3.63, 3.8) is 0 Å². The van der Waals surface area contributed by atoms with Crippen LogP contribution < -0.4 is 0 Å². The Morgan fingerprint density at radius 2 is 1.83 bits per heavy atom. The Balaban J connectivity index is 1.70. The number of allylic oxidation sites excluding steroid dienone is 3. The molecule has 0 bridgehead atoms. The maximum absolute atomic E-state index is 12.3. The normalized spacial score (nSPS) is 47.6. The second-order valence-corrected chi connectivity index (χ2v) is 9.53. The molecular formula is C22H32O2. The molecule has 0 heterocycles. The van der Waals surface area contributed by atoms with E-state index in [-0.39, 0.29) is 16.9 Å². The molecule has 24 heavy (non-hydrogen) atoms. The van der Waals surface area contributed by atoms with Crippen LogP contribution in [0.4, 0.5) is 0 Å². The Morgan fingerprint density at radius 1 is 1.12 bits per heavy atom. The molecule has 2 nitrogen and oxygen atoms in total. The molecule has 0 aromatic heterocycles. The van der Waals surface area contributed by atoms with Gasteiger partial charge in [0, 0.05) is 0 Å². The molecule has 2 fully saturated rings. The van der Waals surface area contributed by atoms with Gasteiger partial charge in [-0.05, 0) is 93.0 Å². The Kier molecular flexibility index (Phi) is 3.66. The number of ketones is 1. The molecule has 0 aromatic carbocycles. The monoisotopic (exact) mass is 328 g/mol. The fourth-order valence-corrected chi connectivity index (χ4v) is 7.27. The van der Waals surface area contributed by atoms with Gasteiger partial charge in [-0.3, -0.25) is 4.79 Å². The van der Waals surface area contributed by atoms with Crippen LogP contribution in [0.5, 0.6) is 0 Å². The smallest absolute Gasteiger partial charge is 0.156 e. The zero-order chi connectivity index (χ0) is 17.3. The highest BCUT2D eigenvalue weighted by Crippen LogP contribution is 2.65. The van der Waals surface area contributed by atoms with E-state index < -0.39 is 0 Å². The van der Waals surface area contributed by atoms with Crippen LogP contribution in [0.1, 0.15) is 72.6 Å². The fraction of sp³-hybridized carbons (Fsp3) is 0.773. The van der Waals surface area contributed by atoms with E-state index in [4.69, 9.17) is 0 Å². The van der Waals surface area contributed by atoms with Gasteiger partial charge in [0.05, 0.1) is 6.10 Å². The van der Waals surface area contributed by atoms with Gasteiger partial charge in [-0.25, -0.2) is 0 Å². The first-order valence-corrected chi connectivity index (χ1v) is 9.86. The second-order valence-electron chi connectivity index (χ2n) is 9.53. The number of carbonyl (C=O) groups is 1. The summed E-state index contributed by atoms with van der Waals surface area (Å²) in [5.74, 6) is 2.38. The van der Waals surface area contributed by atoms with Crippen LogP contribution in [0.25, 0.3) is 0 Å². The molecule has 0 aromatic rings. The Bertz CT molecular complexity index is 642. The van der Waals surface area contributed by atoms with Crippen LogP contribution in [-0.2, 0) is 4.79 Å². The van der Waals surface area contributed by atoms with E-state index >= 15 is 0 Å². The first-order chi connectivity index (χ1) is 11.3. The van der Waals surface area contributed by atoms with Crippen molar-refractivity contribution >= 4 is 5.78 Å². The summed E-state index contributed by atoms with van der Waals surface area (Å²) in [6.07, 6.45) is 9.99. The van der Waals surface area contributed by atoms with Crippen molar-refractivity contribution in [1.29, 1.82) is 0 Å². The van der Waals surface area contributed by atoms with Gasteiger partial charge in [0.15, 0.2) is 5.78 Å². The van der Waals surface area contributed by atoms with Crippen molar-refractivity contribution in [2.75, 3.05) is 0 Å². The summed E-state index contributed by atoms with van der Waals surface area (Å²) in [6, 6.07) is 0. The number of rotatable bonds is 1. The highest BCUT2D eigenvalue weighted by Gasteiger charge is 2.58. The summed E-state index contributed by atoms with van der Waals surface area (Å²) in [5.41, 5.74) is 4.43. The fourth-order valence-electron chi connectivity index (χ4n) is 7.27. The lowest BCUT2D eigenvalue weighted by Gasteiger charge is -2.57. The van der Waals surface area contributed by atoms with Crippen molar-refractivity contribution in [3.05, 3.63) is 22.8 Å². The molecule has 4 aliphatic carbocycles. The quantitative estimate of drug-likeness (QED) is 0.700. The zero-order valence-electron chi connectivity index (χ0n) is 15.7. The van der Waals surface area contributed by atoms with E-state index in [0.29, 0.717) is 17.6 Å². The van der Waals surface area contributed by atoms with Crippen molar-refractivity contribution in [3.8, 4) is 0 Å². The average molecular weight is 328 g/mol. The van der Waals surface area contributed by atoms with Crippen LogP contribution in [0.3, 0.4) is 0 Å². The minimum atomic E-state index is -0.130. The highest BCUT2D eigenvalue weighted by molar-refractivity contribution is 5.96. The Morgan fingerprint density at radius 3 is 2.54 bits per heavy atom. The third-order valence-corrected chi connectivity index (χ3v) is 8.34. The average Bonchev–Trinajstić information content (AvgIpc) is 2.78. The second kappa shape index (κ2) is 5.30. The van der Waals surface area contributed by atoms with E-state index in [1.54, 1.807) is 6.92 Å². The number of aliphatic hydroxyl groups is 1. The summed E-state index contributed by atoms with van der Waals surface area (Å²) in [6.45, 7) is 8.79. The molecule has 2 saturated carbocycles. The third kappa shape index (κ3) is 2.08. The predicted molar refractivity (Wildman–Crippen MR) is 96.5 cm³/mol. The van der Waals surface area contributed by atoms with E-state index in [2.05, 4.69) is 26.8 Å². The molecule has 0 saturated heterocycles. The number of hydrogen-bond acceptors (Lipinski definition) is 2. The van der Waals surface area contributed by atoms with E-state index in [1.165, 1.54) is 17.6 Å². The standard InChI is InChI=1S/C22H32O2/c1-13-11-19-17-6-5-15-12-16(24)7-9-21(15,3)18(17)8-10-22(19,4)20(13)14(2)23/h5,16-19,24H,6-12H2,1-4H3/t16-,17+,18-,19-,21-,22+/m1/s1. The van der Waals surface area contributed by atoms with Crippen LogP contribution >= 0.6 is 0 Å². The maximum Gasteiger partial charge on any atom is 0.156 e. The van der Waals surface area contributed by atoms with Crippen LogP contribution in [0, 0.1) is 28.6 Å². The molecule has 0 spiro atoms. The lowest BCUT2D eigenvalue weighted by Crippen LogP contribution is -2.50. The summed E-state index contributed by atoms with van der Waals surface area (Å²) in [7, 11) is 0. The van der Waals surface area contributed by atoms with Gasteiger partial charge >= 0.3 is 0 Å². The third-order valence-electron chi connectivity index (χ3n) is 8.34. The van der Waals surface area contributed by atoms with Gasteiger partial charge in [0.1, 0.15) is 0 Å². The van der Waals surface area contributed by atoms with E-state index in [1.807, 2.05) is 0 Å². The van der Waals surface area contributed by atoms with Crippen molar-refractivity contribution < 1.29 is 9.90 Å². The van der Waals surface area contributed by atoms with Gasteiger partial charge in [-0.15, -0.1) is 0 Å². The largest absolute Gasteiger partial charge is 0.393 e. The van der Waals surface area contributed by atoms with Crippen molar-refractivity contribution in [2.45, 2.75) is 78.7 Å². The van der Waals surface area contributed by atoms with Gasteiger partial charge in [0.25, 0.3) is 0 Å². The topological polar surface area (TPSA) is 37.3 Å². The molecule has 0 unspecified atom stereocenters. The maximum atomic E-state index is 12.3. The Labute approximate surface area is 146 Å². The molecule has 4 aliphatic rings. The molecule has 6 atom stereocenters. The SMILES string of the molecule is CC(=O)C1=C(C)C[C@@H]2[C@H]3CC=C4C[C@H](O)CC[C@@]4(C)[C@@H]3CC[C@]12C. The lowest BCUT2D eigenvalue weighted by atomic mass is 9.47. The van der Waals surface area contributed by atoms with Gasteiger partial charge in [-0.1, -0.05) is 31.1 Å². The molecule has 0 radical (unpaired) electrons. The van der Waals surface area contributed by atoms with E-state index in [9.17, 15) is 9.90 Å². The lowest BCUT2D eigenvalue weighted by molar-refractivity contribution is -0.115. The van der Waals surface area contributed by atoms with Gasteiger partial charge in [-0.2, -0.15) is 0 Å². The summed E-state index contributed by atoms with van der Waals surface area (Å²) >= 11 is 0. The number of fused-ring (bicyclic) bond motifs is 5. The molecule has 2 heteroatoms. The van der Waals surface area contributed by atoms with E-state index in [0.717, 1.165) is 50.0 Å². The predicted octanol–water partition coefficient (Wildman–Crippen LogP) is 4.83. The van der Waals surface area contributed by atoms with Crippen LogP contribution in [0.2, 0.25) is 0 Å². The zero-order valence-corrected chi connectivity index (χ0v) is 15.7. The van der Waals surface area contributed by atoms with Crippen molar-refractivity contribution in [1.82, 2.24) is 0 Å². The minimum absolute atomic E-state index is 0.104. The first-order valence-electron chi connectivity index (χ1n) is 9.86. The number of aliphatic hydroxyl groups excluding tert-OH is 1. The number of hydrogen-bond donors (Lipinski definition) is 1. The molecule has 0 amide bonds. The van der Waals surface area contributed by atoms with Gasteiger partial charge < -0.3 is 5.11 Å². The van der Waals surface area contributed by atoms with Gasteiger partial charge in [0.2, 0.25) is 0 Å². The molecule has 1 N–H and O–H groups in total. The highest BCUT2D eigenvalue weighted by atomic mass is 16.3. The summed E-state index contributed by atoms with van der Waals surface area (Å²) in [4.78, 5) is 12.3. The van der Waals surface area contributed by atoms with Crippen LogP contribution in [0.15, 0.2) is 22.8 Å². The number of carbonyl (C=O) groups excluding carboxylic acids is 1. The molecule has 0 aliphatic heterocycles. The molecule has 132 valence electrons. The summed E-state index contributed by atoms with van der Waals surface area (Å²) < 4.78 is 0. The van der Waals surface area contributed by atoms with Crippen LogP contribution in [-0.4, -0.2) is 17.0 Å². The molecular weight excluding hydrogens is 296 g/mol. The minimum Gasteiger partial charge on any atom is -0.393 e. The summed E-state index contributed by atoms with van der Waals surface area (Å²) in [5, 5.41) is 10.1.